The number of rotatable bonds is 2. The highest BCUT2D eigenvalue weighted by atomic mass is 16.3. The summed E-state index contributed by atoms with van der Waals surface area (Å²) in [5.74, 6) is -0.0296. The zero-order valence-electron chi connectivity index (χ0n) is 8.68. The van der Waals surface area contributed by atoms with Gasteiger partial charge in [0.25, 0.3) is 0 Å². The van der Waals surface area contributed by atoms with Gasteiger partial charge in [0.2, 0.25) is 5.91 Å². The van der Waals surface area contributed by atoms with Crippen LogP contribution in [0.3, 0.4) is 0 Å². The molecule has 1 N–H and O–H groups in total. The van der Waals surface area contributed by atoms with E-state index in [0.717, 1.165) is 5.69 Å². The van der Waals surface area contributed by atoms with E-state index in [4.69, 9.17) is 5.11 Å². The average Bonchev–Trinajstić information content (AvgIpc) is 2.61. The van der Waals surface area contributed by atoms with Crippen LogP contribution >= 0.6 is 0 Å². The van der Waals surface area contributed by atoms with E-state index in [-0.39, 0.29) is 12.6 Å². The molecule has 80 valence electrons. The molecule has 15 heavy (non-hydrogen) atoms. The summed E-state index contributed by atoms with van der Waals surface area (Å²) in [5.41, 5.74) is 2.13. The van der Waals surface area contributed by atoms with Gasteiger partial charge in [-0.2, -0.15) is 0 Å². The fourth-order valence-electron chi connectivity index (χ4n) is 1.73. The van der Waals surface area contributed by atoms with Crippen LogP contribution in [0.4, 0.5) is 5.69 Å². The van der Waals surface area contributed by atoms with E-state index < -0.39 is 0 Å². The lowest BCUT2D eigenvalue weighted by Crippen LogP contribution is -2.39. The van der Waals surface area contributed by atoms with E-state index in [0.29, 0.717) is 13.0 Å². The van der Waals surface area contributed by atoms with Crippen LogP contribution in [0.15, 0.2) is 24.3 Å². The molecule has 0 spiro atoms. The van der Waals surface area contributed by atoms with Crippen LogP contribution in [-0.4, -0.2) is 29.3 Å². The van der Waals surface area contributed by atoms with Crippen LogP contribution in [-0.2, 0) is 4.79 Å². The zero-order valence-corrected chi connectivity index (χ0v) is 8.68. The Morgan fingerprint density at radius 2 is 2.00 bits per heavy atom. The Labute approximate surface area is 88.7 Å². The Balaban J connectivity index is 2.23. The van der Waals surface area contributed by atoms with Crippen LogP contribution in [0.1, 0.15) is 12.0 Å². The molecule has 0 atom stereocenters. The number of amides is 1. The summed E-state index contributed by atoms with van der Waals surface area (Å²) < 4.78 is 0. The number of nitrogens with zero attached hydrogens (tertiary/aromatic N) is 2. The Hall–Kier alpha value is -1.55. The van der Waals surface area contributed by atoms with Gasteiger partial charge in [-0.15, -0.1) is 0 Å². The molecule has 1 amide bonds. The van der Waals surface area contributed by atoms with Gasteiger partial charge in [-0.1, -0.05) is 17.7 Å². The summed E-state index contributed by atoms with van der Waals surface area (Å²) in [6.45, 7) is 2.40. The monoisotopic (exact) mass is 206 g/mol. The molecule has 1 aliphatic heterocycles. The van der Waals surface area contributed by atoms with Gasteiger partial charge in [-0.25, -0.2) is 5.01 Å². The van der Waals surface area contributed by atoms with Gasteiger partial charge in [0.05, 0.1) is 5.69 Å². The van der Waals surface area contributed by atoms with Crippen LogP contribution in [0.25, 0.3) is 0 Å². The summed E-state index contributed by atoms with van der Waals surface area (Å²) >= 11 is 0. The van der Waals surface area contributed by atoms with Crippen molar-refractivity contribution in [3.05, 3.63) is 29.8 Å². The van der Waals surface area contributed by atoms with Crippen molar-refractivity contribution < 1.29 is 9.90 Å². The van der Waals surface area contributed by atoms with Crippen LogP contribution in [0.2, 0.25) is 0 Å². The second kappa shape index (κ2) is 3.90. The normalized spacial score (nSPS) is 16.3. The van der Waals surface area contributed by atoms with Gasteiger partial charge < -0.3 is 5.11 Å². The minimum Gasteiger partial charge on any atom is -0.374 e. The highest BCUT2D eigenvalue weighted by Crippen LogP contribution is 2.22. The van der Waals surface area contributed by atoms with Crippen LogP contribution < -0.4 is 5.01 Å². The SMILES string of the molecule is Cc1ccc(N2CCC(=O)N2CO)cc1. The van der Waals surface area contributed by atoms with E-state index in [1.807, 2.05) is 36.2 Å². The topological polar surface area (TPSA) is 43.8 Å². The molecule has 1 fully saturated rings. The van der Waals surface area contributed by atoms with Crippen LogP contribution in [0.5, 0.6) is 0 Å². The van der Waals surface area contributed by atoms with Gasteiger partial charge in [-0.05, 0) is 19.1 Å². The fraction of sp³-hybridized carbons (Fsp3) is 0.364. The highest BCUT2D eigenvalue weighted by Gasteiger charge is 2.28. The molecule has 4 heteroatoms. The fourth-order valence-corrected chi connectivity index (χ4v) is 1.73. The summed E-state index contributed by atoms with van der Waals surface area (Å²) in [6.07, 6.45) is 0.467. The first kappa shape index (κ1) is 9.98. The molecule has 1 aliphatic rings. The molecule has 1 heterocycles. The number of anilines is 1. The molecule has 0 aliphatic carbocycles. The van der Waals surface area contributed by atoms with Gasteiger partial charge >= 0.3 is 0 Å². The lowest BCUT2D eigenvalue weighted by Gasteiger charge is -2.27. The Bertz CT molecular complexity index is 361. The van der Waals surface area contributed by atoms with Gasteiger partial charge in [0.1, 0.15) is 6.73 Å². The maximum Gasteiger partial charge on any atom is 0.245 e. The molecule has 4 nitrogen and oxygen atoms in total. The minimum absolute atomic E-state index is 0.0296. The predicted molar refractivity (Wildman–Crippen MR) is 57.1 cm³/mol. The molecule has 2 rings (SSSR count). The number of hydrazine groups is 1. The Morgan fingerprint density at radius 1 is 1.33 bits per heavy atom. The standard InChI is InChI=1S/C11H14N2O2/c1-9-2-4-10(5-3-9)12-7-6-11(15)13(12)8-14/h2-5,14H,6-8H2,1H3. The smallest absolute Gasteiger partial charge is 0.245 e. The summed E-state index contributed by atoms with van der Waals surface area (Å²) in [5, 5.41) is 12.3. The molecular formula is C11H14N2O2. The number of benzene rings is 1. The molecule has 0 aromatic heterocycles. The van der Waals surface area contributed by atoms with Crippen molar-refractivity contribution in [2.45, 2.75) is 13.3 Å². The minimum atomic E-state index is -0.257. The number of carbonyl (C=O) groups excluding carboxylic acids is 1. The molecule has 0 saturated carbocycles. The number of aryl methyl sites for hydroxylation is 1. The second-order valence-electron chi connectivity index (χ2n) is 3.64. The van der Waals surface area contributed by atoms with Crippen molar-refractivity contribution >= 4 is 11.6 Å². The lowest BCUT2D eigenvalue weighted by molar-refractivity contribution is -0.131. The summed E-state index contributed by atoms with van der Waals surface area (Å²) in [4.78, 5) is 11.4. The van der Waals surface area contributed by atoms with E-state index in [1.54, 1.807) is 0 Å². The number of hydrogen-bond donors (Lipinski definition) is 1. The lowest BCUT2D eigenvalue weighted by atomic mass is 10.2. The van der Waals surface area contributed by atoms with Crippen molar-refractivity contribution in [1.29, 1.82) is 0 Å². The van der Waals surface area contributed by atoms with Crippen molar-refractivity contribution in [1.82, 2.24) is 5.01 Å². The molecule has 0 bridgehead atoms. The third kappa shape index (κ3) is 1.80. The quantitative estimate of drug-likeness (QED) is 0.781. The number of carbonyl (C=O) groups is 1. The first-order valence-corrected chi connectivity index (χ1v) is 4.97. The van der Waals surface area contributed by atoms with Crippen LogP contribution in [0, 0.1) is 6.92 Å². The third-order valence-electron chi connectivity index (χ3n) is 2.58. The van der Waals surface area contributed by atoms with E-state index >= 15 is 0 Å². The zero-order chi connectivity index (χ0) is 10.8. The molecule has 1 saturated heterocycles. The predicted octanol–water partition coefficient (Wildman–Crippen LogP) is 0.899. The highest BCUT2D eigenvalue weighted by molar-refractivity contribution is 5.81. The Morgan fingerprint density at radius 3 is 2.60 bits per heavy atom. The molecular weight excluding hydrogens is 192 g/mol. The van der Waals surface area contributed by atoms with Gasteiger partial charge in [-0.3, -0.25) is 9.80 Å². The number of aliphatic hydroxyl groups excluding tert-OH is 1. The summed E-state index contributed by atoms with van der Waals surface area (Å²) in [7, 11) is 0. The maximum atomic E-state index is 11.4. The molecule has 1 aromatic rings. The average molecular weight is 206 g/mol. The molecule has 0 radical (unpaired) electrons. The van der Waals surface area contributed by atoms with Crippen molar-refractivity contribution in [3.8, 4) is 0 Å². The van der Waals surface area contributed by atoms with Crippen molar-refractivity contribution in [3.63, 3.8) is 0 Å². The number of aliphatic hydroxyl groups is 1. The maximum absolute atomic E-state index is 11.4. The van der Waals surface area contributed by atoms with Crippen molar-refractivity contribution in [2.24, 2.45) is 0 Å². The molecule has 0 unspecified atom stereocenters. The van der Waals surface area contributed by atoms with E-state index in [9.17, 15) is 4.79 Å². The first-order chi connectivity index (χ1) is 7.22. The first-order valence-electron chi connectivity index (χ1n) is 4.97. The Kier molecular flexibility index (Phi) is 2.60. The van der Waals surface area contributed by atoms with E-state index in [1.165, 1.54) is 10.6 Å². The largest absolute Gasteiger partial charge is 0.374 e. The van der Waals surface area contributed by atoms with Gasteiger partial charge in [0.15, 0.2) is 0 Å². The van der Waals surface area contributed by atoms with Gasteiger partial charge in [0, 0.05) is 13.0 Å². The second-order valence-corrected chi connectivity index (χ2v) is 3.64. The van der Waals surface area contributed by atoms with E-state index in [2.05, 4.69) is 0 Å². The number of hydrogen-bond acceptors (Lipinski definition) is 3. The summed E-state index contributed by atoms with van der Waals surface area (Å²) in [6, 6.07) is 7.90. The van der Waals surface area contributed by atoms with Crippen molar-refractivity contribution in [2.75, 3.05) is 18.3 Å². The third-order valence-corrected chi connectivity index (χ3v) is 2.58. The molecule has 1 aromatic carbocycles.